The van der Waals surface area contributed by atoms with E-state index in [0.717, 1.165) is 0 Å². The molecule has 6 nitrogen and oxygen atoms in total. The van der Waals surface area contributed by atoms with E-state index < -0.39 is 5.92 Å². The van der Waals surface area contributed by atoms with Crippen molar-refractivity contribution in [2.75, 3.05) is 7.11 Å². The van der Waals surface area contributed by atoms with E-state index in [2.05, 4.69) is 4.98 Å². The molecule has 0 spiro atoms. The molecule has 0 aliphatic heterocycles. The fraction of sp³-hybridized carbons (Fsp3) is 0.357. The molecule has 6 heteroatoms. The number of hydrogen-bond donors (Lipinski definition) is 1. The van der Waals surface area contributed by atoms with Gasteiger partial charge in [0.2, 0.25) is 0 Å². The summed E-state index contributed by atoms with van der Waals surface area (Å²) in [6.07, 6.45) is 1.71. The SMILES string of the molecule is COc1cccn2c(CO)c(C(C(C)=O)C(C)=O)nc12. The number of aliphatic hydroxyl groups excluding tert-OH is 1. The molecule has 0 atom stereocenters. The maximum absolute atomic E-state index is 11.7. The second-order valence-corrected chi connectivity index (χ2v) is 4.53. The molecule has 0 bridgehead atoms. The van der Waals surface area contributed by atoms with Crippen molar-refractivity contribution >= 4 is 17.2 Å². The lowest BCUT2D eigenvalue weighted by Gasteiger charge is -2.09. The third-order valence-electron chi connectivity index (χ3n) is 3.20. The van der Waals surface area contributed by atoms with E-state index in [1.807, 2.05) is 0 Å². The minimum absolute atomic E-state index is 0.289. The number of carbonyl (C=O) groups excluding carboxylic acids is 2. The van der Waals surface area contributed by atoms with E-state index in [9.17, 15) is 14.7 Å². The van der Waals surface area contributed by atoms with Crippen molar-refractivity contribution < 1.29 is 19.4 Å². The van der Waals surface area contributed by atoms with Crippen LogP contribution in [0.5, 0.6) is 5.75 Å². The van der Waals surface area contributed by atoms with Crippen molar-refractivity contribution in [1.29, 1.82) is 0 Å². The number of rotatable bonds is 5. The van der Waals surface area contributed by atoms with Crippen LogP contribution in [0.1, 0.15) is 31.2 Å². The second-order valence-electron chi connectivity index (χ2n) is 4.53. The zero-order chi connectivity index (χ0) is 14.9. The van der Waals surface area contributed by atoms with Gasteiger partial charge < -0.3 is 9.84 Å². The van der Waals surface area contributed by atoms with Gasteiger partial charge in [-0.2, -0.15) is 0 Å². The number of aliphatic hydroxyl groups is 1. The number of hydrogen-bond acceptors (Lipinski definition) is 5. The first-order valence-corrected chi connectivity index (χ1v) is 6.16. The zero-order valence-electron chi connectivity index (χ0n) is 11.6. The van der Waals surface area contributed by atoms with Gasteiger partial charge in [0, 0.05) is 6.20 Å². The maximum Gasteiger partial charge on any atom is 0.180 e. The number of imidazole rings is 1. The molecule has 0 radical (unpaired) electrons. The number of carbonyl (C=O) groups is 2. The Morgan fingerprint density at radius 2 is 2.05 bits per heavy atom. The topological polar surface area (TPSA) is 80.9 Å². The van der Waals surface area contributed by atoms with E-state index in [1.54, 1.807) is 22.7 Å². The highest BCUT2D eigenvalue weighted by Crippen LogP contribution is 2.27. The number of Topliss-reactive ketones (excluding diaryl/α,β-unsaturated/α-hetero) is 2. The van der Waals surface area contributed by atoms with Crippen molar-refractivity contribution in [1.82, 2.24) is 9.38 Å². The van der Waals surface area contributed by atoms with Crippen molar-refractivity contribution in [3.05, 3.63) is 29.7 Å². The fourth-order valence-corrected chi connectivity index (χ4v) is 2.33. The summed E-state index contributed by atoms with van der Waals surface area (Å²) in [4.78, 5) is 27.7. The van der Waals surface area contributed by atoms with Gasteiger partial charge in [-0.3, -0.25) is 14.0 Å². The van der Waals surface area contributed by atoms with Crippen LogP contribution in [0.4, 0.5) is 0 Å². The molecule has 2 heterocycles. The summed E-state index contributed by atoms with van der Waals surface area (Å²) in [6, 6.07) is 3.47. The molecule has 0 unspecified atom stereocenters. The lowest BCUT2D eigenvalue weighted by molar-refractivity contribution is -0.127. The Morgan fingerprint density at radius 3 is 2.55 bits per heavy atom. The third-order valence-corrected chi connectivity index (χ3v) is 3.20. The van der Waals surface area contributed by atoms with Crippen molar-refractivity contribution in [3.8, 4) is 5.75 Å². The first-order valence-electron chi connectivity index (χ1n) is 6.16. The van der Waals surface area contributed by atoms with Gasteiger partial charge in [0.05, 0.1) is 25.1 Å². The number of aromatic nitrogens is 2. The summed E-state index contributed by atoms with van der Waals surface area (Å²) in [5.41, 5.74) is 1.19. The van der Waals surface area contributed by atoms with Crippen molar-refractivity contribution in [2.24, 2.45) is 0 Å². The Morgan fingerprint density at radius 1 is 1.40 bits per heavy atom. The van der Waals surface area contributed by atoms with E-state index in [0.29, 0.717) is 17.1 Å². The Hall–Kier alpha value is -2.21. The highest BCUT2D eigenvalue weighted by Gasteiger charge is 2.29. The van der Waals surface area contributed by atoms with Crippen molar-refractivity contribution in [2.45, 2.75) is 26.4 Å². The number of ketones is 2. The Labute approximate surface area is 116 Å². The lowest BCUT2D eigenvalue weighted by Crippen LogP contribution is -2.19. The summed E-state index contributed by atoms with van der Waals surface area (Å²) in [6.45, 7) is 2.36. The number of methoxy groups -OCH3 is 1. The largest absolute Gasteiger partial charge is 0.493 e. The predicted octanol–water partition coefficient (Wildman–Crippen LogP) is 1.10. The summed E-state index contributed by atoms with van der Waals surface area (Å²) in [5.74, 6) is -1.04. The molecular weight excluding hydrogens is 260 g/mol. The first-order chi connectivity index (χ1) is 9.51. The monoisotopic (exact) mass is 276 g/mol. The molecule has 2 aromatic heterocycles. The van der Waals surface area contributed by atoms with Gasteiger partial charge in [0.15, 0.2) is 11.4 Å². The van der Waals surface area contributed by atoms with Crippen LogP contribution >= 0.6 is 0 Å². The molecule has 20 heavy (non-hydrogen) atoms. The Balaban J connectivity index is 2.76. The van der Waals surface area contributed by atoms with Crippen LogP contribution in [-0.2, 0) is 16.2 Å². The number of ether oxygens (including phenoxy) is 1. The van der Waals surface area contributed by atoms with Crippen molar-refractivity contribution in [3.63, 3.8) is 0 Å². The second kappa shape index (κ2) is 5.42. The highest BCUT2D eigenvalue weighted by molar-refractivity contribution is 6.05. The maximum atomic E-state index is 11.7. The predicted molar refractivity (Wildman–Crippen MR) is 71.8 cm³/mol. The van der Waals surface area contributed by atoms with Crippen LogP contribution in [0.3, 0.4) is 0 Å². The van der Waals surface area contributed by atoms with Gasteiger partial charge in [-0.15, -0.1) is 0 Å². The van der Waals surface area contributed by atoms with Gasteiger partial charge in [0.25, 0.3) is 0 Å². The summed E-state index contributed by atoms with van der Waals surface area (Å²) >= 11 is 0. The molecule has 0 amide bonds. The van der Waals surface area contributed by atoms with Crippen LogP contribution in [0.25, 0.3) is 5.65 Å². The lowest BCUT2D eigenvalue weighted by atomic mass is 9.95. The molecular formula is C14H16N2O4. The Bertz CT molecular complexity index is 661. The van der Waals surface area contributed by atoms with Gasteiger partial charge in [-0.05, 0) is 26.0 Å². The molecule has 2 aromatic rings. The molecule has 0 aliphatic carbocycles. The van der Waals surface area contributed by atoms with Gasteiger partial charge in [-0.25, -0.2) is 4.98 Å². The molecule has 0 saturated heterocycles. The summed E-state index contributed by atoms with van der Waals surface area (Å²) < 4.78 is 6.84. The number of nitrogens with zero attached hydrogens (tertiary/aromatic N) is 2. The Kier molecular flexibility index (Phi) is 3.85. The first kappa shape index (κ1) is 14.2. The van der Waals surface area contributed by atoms with Crippen LogP contribution in [0.15, 0.2) is 18.3 Å². The third kappa shape index (κ3) is 2.18. The molecule has 106 valence electrons. The van der Waals surface area contributed by atoms with E-state index >= 15 is 0 Å². The van der Waals surface area contributed by atoms with Gasteiger partial charge in [-0.1, -0.05) is 0 Å². The molecule has 0 aliphatic rings. The summed E-state index contributed by atoms with van der Waals surface area (Å²) in [7, 11) is 1.51. The smallest absolute Gasteiger partial charge is 0.180 e. The van der Waals surface area contributed by atoms with Crippen LogP contribution < -0.4 is 4.74 Å². The average molecular weight is 276 g/mol. The molecule has 2 rings (SSSR count). The fourth-order valence-electron chi connectivity index (χ4n) is 2.33. The van der Waals surface area contributed by atoms with E-state index in [-0.39, 0.29) is 23.9 Å². The van der Waals surface area contributed by atoms with Gasteiger partial charge >= 0.3 is 0 Å². The average Bonchev–Trinajstić information content (AvgIpc) is 2.75. The molecule has 0 saturated carbocycles. The van der Waals surface area contributed by atoms with Gasteiger partial charge in [0.1, 0.15) is 17.5 Å². The quantitative estimate of drug-likeness (QED) is 0.827. The normalized spacial score (nSPS) is 11.1. The van der Waals surface area contributed by atoms with E-state index in [4.69, 9.17) is 4.74 Å². The zero-order valence-corrected chi connectivity index (χ0v) is 11.6. The van der Waals surface area contributed by atoms with Crippen LogP contribution in [0.2, 0.25) is 0 Å². The minimum Gasteiger partial charge on any atom is -0.493 e. The van der Waals surface area contributed by atoms with Crippen LogP contribution in [0, 0.1) is 0 Å². The number of fused-ring (bicyclic) bond motifs is 1. The number of pyridine rings is 1. The standard InChI is InChI=1S/C14H16N2O4/c1-8(18)12(9(2)19)13-10(7-17)16-6-4-5-11(20-3)14(16)15-13/h4-6,12,17H,7H2,1-3H3. The van der Waals surface area contributed by atoms with Crippen LogP contribution in [-0.4, -0.2) is 33.2 Å². The minimum atomic E-state index is -0.957. The molecule has 0 aromatic carbocycles. The summed E-state index contributed by atoms with van der Waals surface area (Å²) in [5, 5.41) is 9.56. The van der Waals surface area contributed by atoms with E-state index in [1.165, 1.54) is 21.0 Å². The highest BCUT2D eigenvalue weighted by atomic mass is 16.5. The molecule has 0 fully saturated rings. The molecule has 1 N–H and O–H groups in total.